The van der Waals surface area contributed by atoms with Gasteiger partial charge in [-0.1, -0.05) is 53.7 Å². The average molecular weight is 1010 g/mol. The summed E-state index contributed by atoms with van der Waals surface area (Å²) in [6.45, 7) is 3.54. The van der Waals surface area contributed by atoms with Crippen LogP contribution < -0.4 is 0 Å². The van der Waals surface area contributed by atoms with E-state index in [0.29, 0.717) is 69.8 Å². The van der Waals surface area contributed by atoms with Crippen molar-refractivity contribution in [2.45, 2.75) is 114 Å². The summed E-state index contributed by atoms with van der Waals surface area (Å²) in [4.78, 5) is 57.8. The number of carbonyl (C=O) groups is 2. The molecule has 2 saturated heterocycles. The number of halogens is 4. The number of carbonyl (C=O) groups excluding carboxylic acids is 2. The lowest BCUT2D eigenvalue weighted by atomic mass is 9.82. The molecule has 0 spiro atoms. The number of likely N-dealkylation sites (tertiary alicyclic amines) is 2. The van der Waals surface area contributed by atoms with Gasteiger partial charge in [-0.05, 0) is 107 Å². The minimum atomic E-state index is -3.99. The van der Waals surface area contributed by atoms with Gasteiger partial charge in [0.25, 0.3) is 10.0 Å². The smallest absolute Gasteiger partial charge is 0.269 e. The number of fused-ring (bicyclic) bond motifs is 2. The van der Waals surface area contributed by atoms with Crippen molar-refractivity contribution in [3.8, 4) is 22.8 Å². The van der Waals surface area contributed by atoms with Crippen LogP contribution in [0.1, 0.15) is 94.0 Å². The molecular formula is C51H52Cl2F2N10O4S. The Morgan fingerprint density at radius 3 is 1.79 bits per heavy atom. The van der Waals surface area contributed by atoms with Gasteiger partial charge in [0, 0.05) is 84.7 Å². The summed E-state index contributed by atoms with van der Waals surface area (Å²) in [5.41, 5.74) is 3.67. The molecule has 11 rings (SSSR count). The summed E-state index contributed by atoms with van der Waals surface area (Å²) < 4.78 is 57.9. The van der Waals surface area contributed by atoms with E-state index < -0.39 is 15.8 Å². The Morgan fingerprint density at radius 2 is 1.23 bits per heavy atom. The van der Waals surface area contributed by atoms with Gasteiger partial charge in [-0.25, -0.2) is 51.1 Å². The van der Waals surface area contributed by atoms with Crippen LogP contribution in [0.2, 0.25) is 10.0 Å². The molecule has 0 bridgehead atoms. The lowest BCUT2D eigenvalue weighted by molar-refractivity contribution is -0.131. The second-order valence-corrected chi connectivity index (χ2v) is 21.8. The zero-order chi connectivity index (χ0) is 48.7. The number of H-pyrrole nitrogens is 1. The number of aromatic nitrogens is 8. The van der Waals surface area contributed by atoms with Gasteiger partial charge >= 0.3 is 0 Å². The van der Waals surface area contributed by atoms with E-state index in [4.69, 9.17) is 23.2 Å². The van der Waals surface area contributed by atoms with Crippen LogP contribution in [-0.2, 0) is 32.5 Å². The maximum absolute atomic E-state index is 15.0. The van der Waals surface area contributed by atoms with Crippen molar-refractivity contribution in [3.63, 3.8) is 0 Å². The molecule has 2 aliphatic carbocycles. The van der Waals surface area contributed by atoms with Crippen LogP contribution in [0.5, 0.6) is 0 Å². The largest absolute Gasteiger partial charge is 0.345 e. The third kappa shape index (κ3) is 9.89. The molecule has 7 aromatic rings. The fourth-order valence-electron chi connectivity index (χ4n) is 10.9. The maximum atomic E-state index is 15.0. The van der Waals surface area contributed by atoms with E-state index in [1.807, 2.05) is 16.7 Å². The molecule has 4 aliphatic rings. The van der Waals surface area contributed by atoms with Gasteiger partial charge in [-0.2, -0.15) is 0 Å². The predicted molar refractivity (Wildman–Crippen MR) is 262 cm³/mol. The molecule has 2 amide bonds. The molecule has 6 aromatic heterocycles. The number of hydrogen-bond donors (Lipinski definition) is 1. The van der Waals surface area contributed by atoms with Crippen LogP contribution >= 0.6 is 23.2 Å². The molecule has 1 N–H and O–H groups in total. The van der Waals surface area contributed by atoms with Crippen LogP contribution in [0.4, 0.5) is 8.78 Å². The minimum Gasteiger partial charge on any atom is -0.345 e. The summed E-state index contributed by atoms with van der Waals surface area (Å²) in [7, 11) is -3.99. The van der Waals surface area contributed by atoms with Crippen molar-refractivity contribution in [2.24, 2.45) is 11.8 Å². The molecule has 4 atom stereocenters. The Balaban J connectivity index is 0.000000169. The molecule has 19 heteroatoms. The normalized spacial score (nSPS) is 20.9. The van der Waals surface area contributed by atoms with Crippen molar-refractivity contribution in [1.82, 2.24) is 48.7 Å². The average Bonchev–Trinajstić information content (AvgIpc) is 4.17. The first-order chi connectivity index (χ1) is 33.8. The lowest BCUT2D eigenvalue weighted by Gasteiger charge is -2.35. The quantitative estimate of drug-likeness (QED) is 0.139. The van der Waals surface area contributed by atoms with Crippen LogP contribution in [0.25, 0.3) is 44.8 Å². The summed E-state index contributed by atoms with van der Waals surface area (Å²) in [5.74, 6) is 0.754. The molecule has 2 aliphatic heterocycles. The Morgan fingerprint density at radius 1 is 0.686 bits per heavy atom. The highest BCUT2D eigenvalue weighted by molar-refractivity contribution is 7.90. The van der Waals surface area contributed by atoms with Crippen molar-refractivity contribution >= 4 is 67.1 Å². The molecule has 364 valence electrons. The van der Waals surface area contributed by atoms with E-state index in [0.717, 1.165) is 104 Å². The van der Waals surface area contributed by atoms with Crippen molar-refractivity contribution in [1.29, 1.82) is 0 Å². The summed E-state index contributed by atoms with van der Waals surface area (Å²) in [5, 5.41) is 2.11. The van der Waals surface area contributed by atoms with Crippen LogP contribution in [-0.4, -0.2) is 94.1 Å². The van der Waals surface area contributed by atoms with Gasteiger partial charge in [0.15, 0.2) is 28.9 Å². The molecule has 0 unspecified atom stereocenters. The third-order valence-corrected chi connectivity index (χ3v) is 16.4. The highest BCUT2D eigenvalue weighted by atomic mass is 35.5. The molecule has 14 nitrogen and oxygen atoms in total. The van der Waals surface area contributed by atoms with Gasteiger partial charge in [-0.3, -0.25) is 9.59 Å². The van der Waals surface area contributed by atoms with E-state index in [2.05, 4.69) is 34.9 Å². The Labute approximate surface area is 414 Å². The number of aromatic amines is 1. The fraction of sp³-hybridized carbons (Fsp3) is 0.412. The number of amides is 2. The number of aryl methyl sites for hydroxylation is 1. The lowest BCUT2D eigenvalue weighted by Crippen LogP contribution is -2.40. The minimum absolute atomic E-state index is 0.113. The number of nitrogens with one attached hydrogen (secondary N) is 1. The Bertz CT molecular complexity index is 3220. The summed E-state index contributed by atoms with van der Waals surface area (Å²) >= 11 is 12.3. The van der Waals surface area contributed by atoms with Gasteiger partial charge < -0.3 is 14.8 Å². The molecular weight excluding hydrogens is 958 g/mol. The maximum Gasteiger partial charge on any atom is 0.269 e. The summed E-state index contributed by atoms with van der Waals surface area (Å²) in [6, 6.07) is 10.5. The van der Waals surface area contributed by atoms with Gasteiger partial charge in [-0.15, -0.1) is 0 Å². The van der Waals surface area contributed by atoms with E-state index in [1.54, 1.807) is 48.8 Å². The van der Waals surface area contributed by atoms with E-state index in [-0.39, 0.29) is 57.7 Å². The van der Waals surface area contributed by atoms with Crippen LogP contribution in [0.3, 0.4) is 0 Å². The fourth-order valence-corrected chi connectivity index (χ4v) is 12.5. The summed E-state index contributed by atoms with van der Waals surface area (Å²) in [6.07, 6.45) is 20.4. The predicted octanol–water partition coefficient (Wildman–Crippen LogP) is 10.1. The standard InChI is InChI=1S/C29H29ClFN5O3S.C22H23ClFN5O/c1-18-7-9-22(10-8-18)40(38,39)36-17-24(23-14-20(30)15-33-29(23)36)28-32-16-25(31)26(34-28)13-19-4-2-5-21(12-19)35-11-3-6-27(35)37;23-14-9-16-17(11-26-21(16)25-10-14)22-27-12-18(24)19(28-22)8-13-3-1-4-15(7-13)29-6-2-5-20(29)30/h7-10,14-17,19,21H,2-6,11-13H2,1H3;9-13,15H,1-8H2,(H,25,26)/t19-,21+;13-,15+/m00/s1. The third-order valence-electron chi connectivity index (χ3n) is 14.3. The first-order valence-corrected chi connectivity index (χ1v) is 26.2. The molecule has 4 fully saturated rings. The van der Waals surface area contributed by atoms with Crippen molar-refractivity contribution in [3.05, 3.63) is 112 Å². The first kappa shape index (κ1) is 47.8. The monoisotopic (exact) mass is 1010 g/mol. The van der Waals surface area contributed by atoms with Crippen LogP contribution in [0, 0.1) is 30.4 Å². The van der Waals surface area contributed by atoms with E-state index in [1.165, 1.54) is 18.6 Å². The second kappa shape index (κ2) is 20.1. The number of benzene rings is 1. The van der Waals surface area contributed by atoms with Gasteiger partial charge in [0.05, 0.1) is 38.7 Å². The zero-order valence-corrected chi connectivity index (χ0v) is 41.0. The molecule has 70 heavy (non-hydrogen) atoms. The van der Waals surface area contributed by atoms with Crippen molar-refractivity contribution in [2.75, 3.05) is 13.1 Å². The molecule has 0 radical (unpaired) electrons. The number of hydrogen-bond acceptors (Lipinski definition) is 10. The second-order valence-electron chi connectivity index (χ2n) is 19.1. The number of nitrogens with zero attached hydrogens (tertiary/aromatic N) is 9. The highest BCUT2D eigenvalue weighted by Gasteiger charge is 2.35. The number of rotatable bonds is 10. The Hall–Kier alpha value is -5.91. The zero-order valence-electron chi connectivity index (χ0n) is 38.6. The van der Waals surface area contributed by atoms with Crippen molar-refractivity contribution < 1.29 is 26.8 Å². The Kier molecular flexibility index (Phi) is 13.7. The molecule has 1 aromatic carbocycles. The van der Waals surface area contributed by atoms with Crippen LogP contribution in [0.15, 0.2) is 78.5 Å². The topological polar surface area (TPSA) is 173 Å². The number of pyridine rings is 2. The first-order valence-electron chi connectivity index (χ1n) is 24.0. The highest BCUT2D eigenvalue weighted by Crippen LogP contribution is 2.37. The SMILES string of the molecule is Cc1ccc(S(=O)(=O)n2cc(-c3ncc(F)c(C[C@H]4CCC[C@@H](N5CCCC5=O)C4)n3)c3cc(Cl)cnc32)cc1.O=C1CCCN1[C@@H]1CCC[C@H](Cc2nc(-c3c[nH]c4ncc(Cl)cc34)ncc2F)C1. The van der Waals surface area contributed by atoms with Gasteiger partial charge in [0.2, 0.25) is 11.8 Å². The van der Waals surface area contributed by atoms with E-state index in [9.17, 15) is 22.4 Å². The molecule has 2 saturated carbocycles. The van der Waals surface area contributed by atoms with Gasteiger partial charge in [0.1, 0.15) is 5.65 Å². The molecule has 8 heterocycles. The van der Waals surface area contributed by atoms with E-state index >= 15 is 4.39 Å².